The molecule has 1 aromatic rings. The van der Waals surface area contributed by atoms with Crippen molar-refractivity contribution in [1.29, 1.82) is 5.26 Å². The predicted molar refractivity (Wildman–Crippen MR) is 83.0 cm³/mol. The quantitative estimate of drug-likeness (QED) is 0.387. The molecule has 0 heterocycles. The monoisotopic (exact) mass is 301 g/mol. The third-order valence-electron chi connectivity index (χ3n) is 2.99. The van der Waals surface area contributed by atoms with E-state index in [1.54, 1.807) is 0 Å². The molecule has 0 unspecified atom stereocenters. The van der Waals surface area contributed by atoms with Gasteiger partial charge in [-0.1, -0.05) is 25.1 Å². The molecule has 0 saturated heterocycles. The van der Waals surface area contributed by atoms with Gasteiger partial charge in [0.1, 0.15) is 11.6 Å². The van der Waals surface area contributed by atoms with E-state index in [4.69, 9.17) is 10.4 Å². The average molecular weight is 301 g/mol. The molecule has 0 atom stereocenters. The second kappa shape index (κ2) is 9.19. The highest BCUT2D eigenvalue weighted by Crippen LogP contribution is 2.15. The van der Waals surface area contributed by atoms with E-state index in [1.807, 2.05) is 37.3 Å². The van der Waals surface area contributed by atoms with Gasteiger partial charge < -0.3 is 15.7 Å². The van der Waals surface area contributed by atoms with Crippen LogP contribution in [0.25, 0.3) is 0 Å². The number of aryl methyl sites for hydroxylation is 1. The normalized spacial score (nSPS) is 10.6. The molecule has 0 aliphatic heterocycles. The van der Waals surface area contributed by atoms with Crippen molar-refractivity contribution in [1.82, 2.24) is 5.32 Å². The highest BCUT2D eigenvalue weighted by molar-refractivity contribution is 5.97. The largest absolute Gasteiger partial charge is 0.481 e. The molecular weight excluding hydrogens is 282 g/mol. The van der Waals surface area contributed by atoms with Gasteiger partial charge in [-0.3, -0.25) is 9.59 Å². The van der Waals surface area contributed by atoms with Gasteiger partial charge in [0.15, 0.2) is 0 Å². The van der Waals surface area contributed by atoms with E-state index in [9.17, 15) is 9.59 Å². The molecule has 0 spiro atoms. The number of carboxylic acid groups (broad SMARTS) is 1. The molecule has 6 heteroatoms. The topological polar surface area (TPSA) is 102 Å². The number of rotatable bonds is 8. The lowest BCUT2D eigenvalue weighted by molar-refractivity contribution is -0.137. The highest BCUT2D eigenvalue weighted by atomic mass is 16.4. The summed E-state index contributed by atoms with van der Waals surface area (Å²) in [6.45, 7) is 2.24. The molecule has 0 aliphatic carbocycles. The van der Waals surface area contributed by atoms with Crippen molar-refractivity contribution in [3.63, 3.8) is 0 Å². The Kier molecular flexibility index (Phi) is 7.20. The number of carboxylic acids is 1. The van der Waals surface area contributed by atoms with Crippen molar-refractivity contribution in [2.45, 2.75) is 26.2 Å². The highest BCUT2D eigenvalue weighted by Gasteiger charge is 2.08. The van der Waals surface area contributed by atoms with Crippen LogP contribution in [0.4, 0.5) is 5.69 Å². The molecule has 1 rings (SSSR count). The van der Waals surface area contributed by atoms with Crippen LogP contribution in [0.2, 0.25) is 0 Å². The third kappa shape index (κ3) is 5.67. The molecular formula is C16H19N3O3. The van der Waals surface area contributed by atoms with Gasteiger partial charge >= 0.3 is 5.97 Å². The first-order valence-corrected chi connectivity index (χ1v) is 7.03. The zero-order valence-electron chi connectivity index (χ0n) is 12.4. The minimum absolute atomic E-state index is 0.0198. The van der Waals surface area contributed by atoms with Crippen LogP contribution < -0.4 is 10.6 Å². The van der Waals surface area contributed by atoms with Crippen molar-refractivity contribution in [2.24, 2.45) is 0 Å². The van der Waals surface area contributed by atoms with Gasteiger partial charge in [0.05, 0.1) is 0 Å². The summed E-state index contributed by atoms with van der Waals surface area (Å²) < 4.78 is 0. The number of amides is 1. The van der Waals surface area contributed by atoms with Crippen LogP contribution in [-0.2, 0) is 16.0 Å². The van der Waals surface area contributed by atoms with Crippen LogP contribution in [-0.4, -0.2) is 23.5 Å². The lowest BCUT2D eigenvalue weighted by Gasteiger charge is -2.08. The number of para-hydroxylation sites is 1. The Morgan fingerprint density at radius 3 is 2.73 bits per heavy atom. The van der Waals surface area contributed by atoms with Crippen LogP contribution in [0.1, 0.15) is 25.3 Å². The van der Waals surface area contributed by atoms with Crippen molar-refractivity contribution >= 4 is 17.6 Å². The zero-order chi connectivity index (χ0) is 16.4. The maximum absolute atomic E-state index is 11.8. The minimum atomic E-state index is -0.914. The van der Waals surface area contributed by atoms with Crippen LogP contribution in [0.5, 0.6) is 0 Å². The van der Waals surface area contributed by atoms with Crippen LogP contribution in [0.15, 0.2) is 36.0 Å². The lowest BCUT2D eigenvalue weighted by Crippen LogP contribution is -2.26. The van der Waals surface area contributed by atoms with Crippen LogP contribution in [0.3, 0.4) is 0 Å². The van der Waals surface area contributed by atoms with Crippen molar-refractivity contribution < 1.29 is 14.7 Å². The summed E-state index contributed by atoms with van der Waals surface area (Å²) >= 11 is 0. The van der Waals surface area contributed by atoms with Crippen molar-refractivity contribution in [3.8, 4) is 6.07 Å². The van der Waals surface area contributed by atoms with Gasteiger partial charge in [-0.15, -0.1) is 0 Å². The summed E-state index contributed by atoms with van der Waals surface area (Å²) in [5.74, 6) is -1.43. The Balaban J connectivity index is 2.61. The maximum Gasteiger partial charge on any atom is 0.303 e. The number of nitriles is 1. The molecule has 1 amide bonds. The molecule has 0 saturated carbocycles. The molecule has 6 nitrogen and oxygen atoms in total. The van der Waals surface area contributed by atoms with Crippen molar-refractivity contribution in [2.75, 3.05) is 11.9 Å². The fourth-order valence-corrected chi connectivity index (χ4v) is 1.80. The number of nitrogens with one attached hydrogen (secondary N) is 2. The number of nitrogens with zero attached hydrogens (tertiary/aromatic N) is 1. The molecule has 0 radical (unpaired) electrons. The second-order valence-electron chi connectivity index (χ2n) is 4.58. The Morgan fingerprint density at radius 1 is 1.36 bits per heavy atom. The van der Waals surface area contributed by atoms with Gasteiger partial charge in [0.25, 0.3) is 5.91 Å². The number of anilines is 1. The number of hydrogen-bond donors (Lipinski definition) is 3. The van der Waals surface area contributed by atoms with E-state index in [2.05, 4.69) is 10.6 Å². The number of hydrogen-bond acceptors (Lipinski definition) is 4. The molecule has 0 aromatic heterocycles. The molecule has 0 bridgehead atoms. The van der Waals surface area contributed by atoms with Gasteiger partial charge in [-0.05, 0) is 24.5 Å². The SMILES string of the molecule is CCc1ccccc1N/C=C(/C#N)C(=O)NCCCC(=O)O. The van der Waals surface area contributed by atoms with Gasteiger partial charge in [-0.25, -0.2) is 0 Å². The Morgan fingerprint density at radius 2 is 2.09 bits per heavy atom. The summed E-state index contributed by atoms with van der Waals surface area (Å²) in [7, 11) is 0. The lowest BCUT2D eigenvalue weighted by atomic mass is 10.1. The van der Waals surface area contributed by atoms with E-state index in [-0.39, 0.29) is 18.5 Å². The Bertz CT molecular complexity index is 603. The fourth-order valence-electron chi connectivity index (χ4n) is 1.80. The molecule has 0 fully saturated rings. The number of benzene rings is 1. The molecule has 1 aromatic carbocycles. The van der Waals surface area contributed by atoms with E-state index >= 15 is 0 Å². The van der Waals surface area contributed by atoms with E-state index in [0.717, 1.165) is 17.7 Å². The Hall–Kier alpha value is -2.81. The number of carbonyl (C=O) groups is 2. The summed E-state index contributed by atoms with van der Waals surface area (Å²) in [6.07, 6.45) is 2.50. The van der Waals surface area contributed by atoms with E-state index in [0.29, 0.717) is 6.42 Å². The molecule has 3 N–H and O–H groups in total. The molecule has 116 valence electrons. The summed E-state index contributed by atoms with van der Waals surface area (Å²) in [5.41, 5.74) is 1.87. The first kappa shape index (κ1) is 17.2. The summed E-state index contributed by atoms with van der Waals surface area (Å²) in [6, 6.07) is 9.46. The molecule has 0 aliphatic rings. The van der Waals surface area contributed by atoms with Gasteiger partial charge in [-0.2, -0.15) is 5.26 Å². The first-order valence-electron chi connectivity index (χ1n) is 7.03. The van der Waals surface area contributed by atoms with E-state index < -0.39 is 11.9 Å². The van der Waals surface area contributed by atoms with Gasteiger partial charge in [0.2, 0.25) is 0 Å². The zero-order valence-corrected chi connectivity index (χ0v) is 12.4. The Labute approximate surface area is 129 Å². The number of aliphatic carboxylic acids is 1. The fraction of sp³-hybridized carbons (Fsp3) is 0.312. The first-order chi connectivity index (χ1) is 10.6. The summed E-state index contributed by atoms with van der Waals surface area (Å²) in [4.78, 5) is 22.2. The van der Waals surface area contributed by atoms with Crippen LogP contribution in [0, 0.1) is 11.3 Å². The van der Waals surface area contributed by atoms with Crippen molar-refractivity contribution in [3.05, 3.63) is 41.6 Å². The van der Waals surface area contributed by atoms with E-state index in [1.165, 1.54) is 6.20 Å². The van der Waals surface area contributed by atoms with Crippen LogP contribution >= 0.6 is 0 Å². The number of carbonyl (C=O) groups excluding carboxylic acids is 1. The maximum atomic E-state index is 11.8. The smallest absolute Gasteiger partial charge is 0.303 e. The minimum Gasteiger partial charge on any atom is -0.481 e. The third-order valence-corrected chi connectivity index (χ3v) is 2.99. The predicted octanol–water partition coefficient (Wildman–Crippen LogP) is 2.05. The standard InChI is InChI=1S/C16H19N3O3/c1-2-12-6-3-4-7-14(12)19-11-13(10-17)16(22)18-9-5-8-15(20)21/h3-4,6-7,11,19H,2,5,8-9H2,1H3,(H,18,22)(H,20,21)/b13-11-. The molecule has 22 heavy (non-hydrogen) atoms. The van der Waals surface area contributed by atoms with Gasteiger partial charge in [0, 0.05) is 24.9 Å². The summed E-state index contributed by atoms with van der Waals surface area (Å²) in [5, 5.41) is 23.0. The second-order valence-corrected chi connectivity index (χ2v) is 4.58. The average Bonchev–Trinajstić information content (AvgIpc) is 2.52.